The zero-order valence-electron chi connectivity index (χ0n) is 10.3. The first-order valence-electron chi connectivity index (χ1n) is 5.73. The monoisotopic (exact) mass is 207 g/mol. The van der Waals surface area contributed by atoms with Crippen molar-refractivity contribution in [3.63, 3.8) is 0 Å². The van der Waals surface area contributed by atoms with Gasteiger partial charge in [0.25, 0.3) is 0 Å². The molecule has 1 aliphatic rings. The Kier molecular flexibility index (Phi) is 2.42. The Hall–Kier alpha value is -0.760. The molecule has 2 heteroatoms. The van der Waals surface area contributed by atoms with Gasteiger partial charge in [-0.05, 0) is 38.7 Å². The van der Waals surface area contributed by atoms with Crippen molar-refractivity contribution < 1.29 is 4.42 Å². The van der Waals surface area contributed by atoms with Crippen LogP contribution in [0.25, 0.3) is 0 Å². The molecule has 2 nitrogen and oxygen atoms in total. The second-order valence-electron chi connectivity index (χ2n) is 5.50. The van der Waals surface area contributed by atoms with Crippen LogP contribution in [-0.2, 0) is 0 Å². The molecule has 0 aliphatic heterocycles. The van der Waals surface area contributed by atoms with Gasteiger partial charge in [0.15, 0.2) is 0 Å². The lowest BCUT2D eigenvalue weighted by Gasteiger charge is -2.14. The number of furan rings is 1. The fraction of sp³-hybridized carbons (Fsp3) is 0.692. The van der Waals surface area contributed by atoms with Crippen LogP contribution < -0.4 is 5.32 Å². The molecule has 0 spiro atoms. The second kappa shape index (κ2) is 3.38. The zero-order chi connectivity index (χ0) is 11.2. The topological polar surface area (TPSA) is 25.2 Å². The van der Waals surface area contributed by atoms with E-state index in [0.29, 0.717) is 17.5 Å². The molecule has 0 amide bonds. The van der Waals surface area contributed by atoms with Crippen LogP contribution in [0.4, 0.5) is 0 Å². The molecule has 1 heterocycles. The van der Waals surface area contributed by atoms with Crippen LogP contribution in [0.5, 0.6) is 0 Å². The second-order valence-corrected chi connectivity index (χ2v) is 5.50. The molecule has 2 atom stereocenters. The summed E-state index contributed by atoms with van der Waals surface area (Å²) in [7, 11) is 0. The maximum absolute atomic E-state index is 5.55. The van der Waals surface area contributed by atoms with Gasteiger partial charge in [-0.3, -0.25) is 0 Å². The van der Waals surface area contributed by atoms with E-state index in [-0.39, 0.29) is 0 Å². The molecular formula is C13H21NO. The molecule has 0 aromatic carbocycles. The van der Waals surface area contributed by atoms with E-state index in [2.05, 4.69) is 32.2 Å². The van der Waals surface area contributed by atoms with Gasteiger partial charge >= 0.3 is 0 Å². The summed E-state index contributed by atoms with van der Waals surface area (Å²) in [6, 6.07) is 3.21. The molecule has 1 saturated carbocycles. The number of rotatable bonds is 3. The first kappa shape index (κ1) is 10.7. The third-order valence-corrected chi connectivity index (χ3v) is 3.51. The van der Waals surface area contributed by atoms with Gasteiger partial charge in [0.05, 0.1) is 0 Å². The van der Waals surface area contributed by atoms with Crippen LogP contribution in [0.1, 0.15) is 50.3 Å². The van der Waals surface area contributed by atoms with E-state index in [1.165, 1.54) is 12.0 Å². The van der Waals surface area contributed by atoms with Crippen molar-refractivity contribution in [3.8, 4) is 0 Å². The van der Waals surface area contributed by atoms with Gasteiger partial charge < -0.3 is 9.73 Å². The Balaban J connectivity index is 2.02. The van der Waals surface area contributed by atoms with E-state index in [1.807, 2.05) is 13.8 Å². The van der Waals surface area contributed by atoms with Gasteiger partial charge in [-0.2, -0.15) is 0 Å². The highest BCUT2D eigenvalue weighted by molar-refractivity contribution is 5.24. The highest BCUT2D eigenvalue weighted by Crippen LogP contribution is 2.45. The number of hydrogen-bond acceptors (Lipinski definition) is 2. The molecule has 15 heavy (non-hydrogen) atoms. The van der Waals surface area contributed by atoms with Crippen molar-refractivity contribution in [2.24, 2.45) is 5.41 Å². The lowest BCUT2D eigenvalue weighted by Crippen LogP contribution is -2.24. The largest absolute Gasteiger partial charge is 0.466 e. The molecule has 1 aliphatic carbocycles. The van der Waals surface area contributed by atoms with Crippen molar-refractivity contribution >= 4 is 0 Å². The molecule has 1 fully saturated rings. The van der Waals surface area contributed by atoms with Gasteiger partial charge in [-0.15, -0.1) is 0 Å². The summed E-state index contributed by atoms with van der Waals surface area (Å²) in [5, 5.41) is 3.65. The average Bonchev–Trinajstić information content (AvgIpc) is 2.53. The average molecular weight is 207 g/mol. The summed E-state index contributed by atoms with van der Waals surface area (Å²) in [4.78, 5) is 0. The minimum atomic E-state index is 0.397. The van der Waals surface area contributed by atoms with Crippen molar-refractivity contribution in [1.82, 2.24) is 5.32 Å². The Morgan fingerprint density at radius 2 is 2.07 bits per heavy atom. The van der Waals surface area contributed by atoms with Crippen LogP contribution >= 0.6 is 0 Å². The summed E-state index contributed by atoms with van der Waals surface area (Å²) in [5.74, 6) is 2.05. The maximum Gasteiger partial charge on any atom is 0.105 e. The fourth-order valence-electron chi connectivity index (χ4n) is 2.22. The van der Waals surface area contributed by atoms with Crippen molar-refractivity contribution in [2.75, 3.05) is 0 Å². The van der Waals surface area contributed by atoms with Gasteiger partial charge in [0, 0.05) is 17.6 Å². The molecule has 2 rings (SSSR count). The highest BCUT2D eigenvalue weighted by Gasteiger charge is 2.46. The lowest BCUT2D eigenvalue weighted by molar-refractivity contribution is 0.470. The Morgan fingerprint density at radius 3 is 2.47 bits per heavy atom. The van der Waals surface area contributed by atoms with Crippen LogP contribution in [0.3, 0.4) is 0 Å². The predicted molar refractivity (Wildman–Crippen MR) is 61.9 cm³/mol. The molecular weight excluding hydrogens is 186 g/mol. The smallest absolute Gasteiger partial charge is 0.105 e. The predicted octanol–water partition coefficient (Wildman–Crippen LogP) is 3.35. The molecule has 84 valence electrons. The molecule has 0 bridgehead atoms. The maximum atomic E-state index is 5.55. The van der Waals surface area contributed by atoms with E-state index in [1.54, 1.807) is 0 Å². The van der Waals surface area contributed by atoms with Gasteiger partial charge in [0.2, 0.25) is 0 Å². The standard InChI is InChI=1S/C13H21NO/c1-8-6-11(10(3)15-8)9(2)14-12-7-13(12,4)5/h6,9,12,14H,7H2,1-5H3. The van der Waals surface area contributed by atoms with Crippen LogP contribution in [0.2, 0.25) is 0 Å². The van der Waals surface area contributed by atoms with E-state index in [9.17, 15) is 0 Å². The zero-order valence-corrected chi connectivity index (χ0v) is 10.3. The van der Waals surface area contributed by atoms with E-state index in [4.69, 9.17) is 4.42 Å². The number of nitrogens with one attached hydrogen (secondary N) is 1. The van der Waals surface area contributed by atoms with Gasteiger partial charge in [-0.25, -0.2) is 0 Å². The van der Waals surface area contributed by atoms with Crippen LogP contribution in [-0.4, -0.2) is 6.04 Å². The first-order valence-corrected chi connectivity index (χ1v) is 5.73. The molecule has 0 saturated heterocycles. The summed E-state index contributed by atoms with van der Waals surface area (Å²) in [5.41, 5.74) is 1.79. The number of aryl methyl sites for hydroxylation is 2. The van der Waals surface area contributed by atoms with Gasteiger partial charge in [-0.1, -0.05) is 13.8 Å². The molecule has 1 N–H and O–H groups in total. The van der Waals surface area contributed by atoms with Crippen molar-refractivity contribution in [2.45, 2.75) is 53.1 Å². The normalized spacial score (nSPS) is 25.3. The lowest BCUT2D eigenvalue weighted by atomic mass is 10.1. The minimum absolute atomic E-state index is 0.397. The van der Waals surface area contributed by atoms with Crippen LogP contribution in [0.15, 0.2) is 10.5 Å². The van der Waals surface area contributed by atoms with E-state index in [0.717, 1.165) is 11.5 Å². The summed E-state index contributed by atoms with van der Waals surface area (Å²) in [6.07, 6.45) is 1.28. The van der Waals surface area contributed by atoms with E-state index < -0.39 is 0 Å². The van der Waals surface area contributed by atoms with Gasteiger partial charge in [0.1, 0.15) is 11.5 Å². The Labute approximate surface area is 92.1 Å². The summed E-state index contributed by atoms with van der Waals surface area (Å²) >= 11 is 0. The molecule has 1 aromatic rings. The first-order chi connectivity index (χ1) is 6.90. The molecule has 2 unspecified atom stereocenters. The summed E-state index contributed by atoms with van der Waals surface area (Å²) in [6.45, 7) is 10.9. The van der Waals surface area contributed by atoms with Crippen LogP contribution in [0, 0.1) is 19.3 Å². The van der Waals surface area contributed by atoms with Crippen molar-refractivity contribution in [3.05, 3.63) is 23.2 Å². The van der Waals surface area contributed by atoms with E-state index >= 15 is 0 Å². The SMILES string of the molecule is Cc1cc(C(C)NC2CC2(C)C)c(C)o1. The highest BCUT2D eigenvalue weighted by atomic mass is 16.3. The third-order valence-electron chi connectivity index (χ3n) is 3.51. The third kappa shape index (κ3) is 2.10. The Bertz CT molecular complexity index is 365. The fourth-order valence-corrected chi connectivity index (χ4v) is 2.22. The molecule has 0 radical (unpaired) electrons. The number of hydrogen-bond donors (Lipinski definition) is 1. The Morgan fingerprint density at radius 1 is 1.47 bits per heavy atom. The minimum Gasteiger partial charge on any atom is -0.466 e. The summed E-state index contributed by atoms with van der Waals surface area (Å²) < 4.78 is 5.55. The molecule has 1 aromatic heterocycles. The quantitative estimate of drug-likeness (QED) is 0.822. The van der Waals surface area contributed by atoms with Crippen molar-refractivity contribution in [1.29, 1.82) is 0 Å².